The van der Waals surface area contributed by atoms with Crippen LogP contribution in [0.15, 0.2) is 35.3 Å². The van der Waals surface area contributed by atoms with E-state index >= 15 is 0 Å². The molecule has 98 valence electrons. The number of hydrogen-bond acceptors (Lipinski definition) is 3. The molecule has 0 saturated carbocycles. The van der Waals surface area contributed by atoms with Gasteiger partial charge in [-0.15, -0.1) is 0 Å². The van der Waals surface area contributed by atoms with Gasteiger partial charge in [0.2, 0.25) is 0 Å². The minimum Gasteiger partial charge on any atom is -0.468 e. The summed E-state index contributed by atoms with van der Waals surface area (Å²) in [5.74, 6) is 1.60. The van der Waals surface area contributed by atoms with Gasteiger partial charge in [0, 0.05) is 24.5 Å². The Bertz CT molecular complexity index is 397. The fraction of sp³-hybridized carbons (Fsp3) is 0.500. The molecular formula is C14H21N3O. The molecule has 0 aliphatic rings. The van der Waals surface area contributed by atoms with E-state index in [1.54, 1.807) is 12.6 Å². The Balaban J connectivity index is 2.07. The lowest BCUT2D eigenvalue weighted by Gasteiger charge is -2.30. The van der Waals surface area contributed by atoms with Gasteiger partial charge in [-0.2, -0.15) is 0 Å². The molecule has 2 heterocycles. The van der Waals surface area contributed by atoms with Crippen molar-refractivity contribution in [3.05, 3.63) is 42.4 Å². The van der Waals surface area contributed by atoms with Crippen molar-refractivity contribution in [2.45, 2.75) is 39.9 Å². The van der Waals surface area contributed by atoms with Crippen molar-refractivity contribution in [1.29, 1.82) is 0 Å². The van der Waals surface area contributed by atoms with Crippen LogP contribution in [0.2, 0.25) is 0 Å². The van der Waals surface area contributed by atoms with Crippen LogP contribution in [0.3, 0.4) is 0 Å². The second kappa shape index (κ2) is 5.87. The number of hydrogen-bond donors (Lipinski definition) is 1. The number of furan rings is 1. The molecule has 0 saturated heterocycles. The van der Waals surface area contributed by atoms with Gasteiger partial charge in [-0.1, -0.05) is 13.8 Å². The number of rotatable bonds is 6. The maximum absolute atomic E-state index is 5.45. The third-order valence-corrected chi connectivity index (χ3v) is 3.41. The van der Waals surface area contributed by atoms with Crippen molar-refractivity contribution in [2.24, 2.45) is 5.92 Å². The van der Waals surface area contributed by atoms with Crippen molar-refractivity contribution in [1.82, 2.24) is 14.9 Å². The Kier molecular flexibility index (Phi) is 4.20. The van der Waals surface area contributed by atoms with Crippen molar-refractivity contribution in [2.75, 3.05) is 0 Å². The van der Waals surface area contributed by atoms with Crippen LogP contribution in [0.5, 0.6) is 0 Å². The average molecular weight is 247 g/mol. The third-order valence-electron chi connectivity index (χ3n) is 3.41. The van der Waals surface area contributed by atoms with E-state index in [-0.39, 0.29) is 0 Å². The first kappa shape index (κ1) is 12.9. The largest absolute Gasteiger partial charge is 0.468 e. The van der Waals surface area contributed by atoms with Crippen molar-refractivity contribution in [3.8, 4) is 0 Å². The number of imidazole rings is 1. The van der Waals surface area contributed by atoms with Gasteiger partial charge in [-0.25, -0.2) is 4.98 Å². The van der Waals surface area contributed by atoms with E-state index in [0.29, 0.717) is 12.0 Å². The van der Waals surface area contributed by atoms with Gasteiger partial charge >= 0.3 is 0 Å². The summed E-state index contributed by atoms with van der Waals surface area (Å²) < 4.78 is 5.45. The molecule has 0 radical (unpaired) electrons. The van der Waals surface area contributed by atoms with Gasteiger partial charge in [-0.05, 0) is 25.0 Å². The van der Waals surface area contributed by atoms with Crippen LogP contribution in [-0.2, 0) is 13.1 Å². The zero-order chi connectivity index (χ0) is 13.0. The van der Waals surface area contributed by atoms with Crippen molar-refractivity contribution >= 4 is 0 Å². The van der Waals surface area contributed by atoms with Gasteiger partial charge in [-0.3, -0.25) is 4.90 Å². The third kappa shape index (κ3) is 3.23. The summed E-state index contributed by atoms with van der Waals surface area (Å²) in [4.78, 5) is 9.63. The summed E-state index contributed by atoms with van der Waals surface area (Å²) in [5.41, 5.74) is 1.13. The lowest BCUT2D eigenvalue weighted by atomic mass is 10.0. The fourth-order valence-electron chi connectivity index (χ4n) is 1.96. The van der Waals surface area contributed by atoms with Crippen molar-refractivity contribution in [3.63, 3.8) is 0 Å². The molecule has 0 fully saturated rings. The molecule has 0 aliphatic heterocycles. The highest BCUT2D eigenvalue weighted by Crippen LogP contribution is 2.17. The molecule has 4 heteroatoms. The van der Waals surface area contributed by atoms with E-state index in [2.05, 4.69) is 35.6 Å². The number of aromatic nitrogens is 2. The van der Waals surface area contributed by atoms with Crippen LogP contribution in [-0.4, -0.2) is 20.9 Å². The Morgan fingerprint density at radius 1 is 1.33 bits per heavy atom. The summed E-state index contributed by atoms with van der Waals surface area (Å²) in [6, 6.07) is 4.44. The molecule has 2 aromatic rings. The number of nitrogens with one attached hydrogen (secondary N) is 1. The van der Waals surface area contributed by atoms with Gasteiger partial charge < -0.3 is 9.40 Å². The minimum absolute atomic E-state index is 0.485. The first-order valence-corrected chi connectivity index (χ1v) is 6.40. The predicted octanol–water partition coefficient (Wildman–Crippen LogP) is 3.05. The van der Waals surface area contributed by atoms with Crippen LogP contribution in [0, 0.1) is 5.92 Å². The molecule has 18 heavy (non-hydrogen) atoms. The molecular weight excluding hydrogens is 226 g/mol. The van der Waals surface area contributed by atoms with Gasteiger partial charge in [0.05, 0.1) is 19.1 Å². The van der Waals surface area contributed by atoms with E-state index in [4.69, 9.17) is 4.42 Å². The molecule has 4 nitrogen and oxygen atoms in total. The van der Waals surface area contributed by atoms with Crippen LogP contribution >= 0.6 is 0 Å². The number of nitrogens with zero attached hydrogens (tertiary/aromatic N) is 2. The Morgan fingerprint density at radius 3 is 2.72 bits per heavy atom. The maximum Gasteiger partial charge on any atom is 0.117 e. The monoisotopic (exact) mass is 247 g/mol. The topological polar surface area (TPSA) is 45.1 Å². The molecule has 0 spiro atoms. The highest BCUT2D eigenvalue weighted by Gasteiger charge is 2.19. The second-order valence-corrected chi connectivity index (χ2v) is 5.05. The Labute approximate surface area is 108 Å². The molecule has 1 unspecified atom stereocenters. The van der Waals surface area contributed by atoms with Crippen LogP contribution in [0.25, 0.3) is 0 Å². The summed E-state index contributed by atoms with van der Waals surface area (Å²) in [6.07, 6.45) is 5.33. The molecule has 0 bridgehead atoms. The normalized spacial score (nSPS) is 13.4. The molecule has 0 aliphatic carbocycles. The summed E-state index contributed by atoms with van der Waals surface area (Å²) >= 11 is 0. The quantitative estimate of drug-likeness (QED) is 0.853. The van der Waals surface area contributed by atoms with Crippen molar-refractivity contribution < 1.29 is 4.42 Å². The number of aromatic amines is 1. The number of H-pyrrole nitrogens is 1. The molecule has 0 aromatic carbocycles. The fourth-order valence-corrected chi connectivity index (χ4v) is 1.96. The highest BCUT2D eigenvalue weighted by molar-refractivity contribution is 5.00. The Morgan fingerprint density at radius 2 is 2.17 bits per heavy atom. The van der Waals surface area contributed by atoms with E-state index in [1.807, 2.05) is 18.3 Å². The molecule has 0 amide bonds. The molecule has 2 aromatic heterocycles. The summed E-state index contributed by atoms with van der Waals surface area (Å²) in [6.45, 7) is 8.43. The van der Waals surface area contributed by atoms with Crippen LogP contribution < -0.4 is 0 Å². The predicted molar refractivity (Wildman–Crippen MR) is 70.8 cm³/mol. The van der Waals surface area contributed by atoms with E-state index in [0.717, 1.165) is 24.5 Å². The van der Waals surface area contributed by atoms with E-state index in [9.17, 15) is 0 Å². The SMILES string of the molecule is CC(C)C(C)N(Cc1cnc[nH]1)Cc1ccco1. The average Bonchev–Trinajstić information content (AvgIpc) is 2.99. The minimum atomic E-state index is 0.485. The zero-order valence-corrected chi connectivity index (χ0v) is 11.3. The van der Waals surface area contributed by atoms with E-state index in [1.165, 1.54) is 0 Å². The van der Waals surface area contributed by atoms with Gasteiger partial charge in [0.1, 0.15) is 5.76 Å². The summed E-state index contributed by atoms with van der Waals surface area (Å²) in [7, 11) is 0. The first-order chi connectivity index (χ1) is 8.66. The highest BCUT2D eigenvalue weighted by atomic mass is 16.3. The molecule has 2 rings (SSSR count). The van der Waals surface area contributed by atoms with Gasteiger partial charge in [0.25, 0.3) is 0 Å². The molecule has 1 atom stereocenters. The standard InChI is InChI=1S/C14H21N3O/c1-11(2)12(3)17(8-13-7-15-10-16-13)9-14-5-4-6-18-14/h4-7,10-12H,8-9H2,1-3H3,(H,15,16). The smallest absolute Gasteiger partial charge is 0.117 e. The zero-order valence-electron chi connectivity index (χ0n) is 11.3. The van der Waals surface area contributed by atoms with E-state index < -0.39 is 0 Å². The molecule has 1 N–H and O–H groups in total. The summed E-state index contributed by atoms with van der Waals surface area (Å²) in [5, 5.41) is 0. The van der Waals surface area contributed by atoms with Crippen LogP contribution in [0.4, 0.5) is 0 Å². The lowest BCUT2D eigenvalue weighted by Crippen LogP contribution is -2.35. The maximum atomic E-state index is 5.45. The van der Waals surface area contributed by atoms with Crippen LogP contribution in [0.1, 0.15) is 32.2 Å². The first-order valence-electron chi connectivity index (χ1n) is 6.40. The second-order valence-electron chi connectivity index (χ2n) is 5.05. The lowest BCUT2D eigenvalue weighted by molar-refractivity contribution is 0.139. The Hall–Kier alpha value is -1.55. The van der Waals surface area contributed by atoms with Gasteiger partial charge in [0.15, 0.2) is 0 Å².